The molecule has 0 amide bonds. The van der Waals surface area contributed by atoms with Crippen LogP contribution in [0.5, 0.6) is 17.2 Å². The Bertz CT molecular complexity index is 1190. The molecule has 1 N–H and O–H groups in total. The van der Waals surface area contributed by atoms with E-state index in [2.05, 4.69) is 15.0 Å². The third kappa shape index (κ3) is 3.57. The summed E-state index contributed by atoms with van der Waals surface area (Å²) >= 11 is 6.02. The highest BCUT2D eigenvalue weighted by Gasteiger charge is 2.21. The number of methoxy groups -OCH3 is 3. The van der Waals surface area contributed by atoms with Gasteiger partial charge in [0, 0.05) is 17.1 Å². The predicted molar refractivity (Wildman–Crippen MR) is 113 cm³/mol. The zero-order valence-electron chi connectivity index (χ0n) is 16.6. The standard InChI is InChI=1S/C21H19ClN4O4/c1-28-16-8-13(9-17(29-2)18(16)30-3)15-10-23-19-20(25-21(27)24-19)26(15)11-12-4-6-14(22)7-5-12/h4-10H,11H2,1-3H3,(H,23,24,27). The number of aromatic nitrogens is 4. The number of hydrogen-bond acceptors (Lipinski definition) is 6. The Morgan fingerprint density at radius 1 is 1.03 bits per heavy atom. The molecule has 0 bridgehead atoms. The topological polar surface area (TPSA) is 91.3 Å². The number of ether oxygens (including phenoxy) is 3. The maximum absolute atomic E-state index is 11.9. The molecule has 8 nitrogen and oxygen atoms in total. The van der Waals surface area contributed by atoms with Crippen molar-refractivity contribution in [3.63, 3.8) is 0 Å². The van der Waals surface area contributed by atoms with Gasteiger partial charge in [0.1, 0.15) is 0 Å². The zero-order valence-corrected chi connectivity index (χ0v) is 17.4. The van der Waals surface area contributed by atoms with Crippen molar-refractivity contribution in [2.75, 3.05) is 21.3 Å². The van der Waals surface area contributed by atoms with Crippen LogP contribution in [0.4, 0.5) is 0 Å². The molecule has 2 aliphatic rings. The van der Waals surface area contributed by atoms with Gasteiger partial charge in [-0.05, 0) is 29.8 Å². The minimum atomic E-state index is -0.454. The first-order chi connectivity index (χ1) is 14.5. The van der Waals surface area contributed by atoms with Crippen LogP contribution in [0.1, 0.15) is 5.56 Å². The molecule has 0 spiro atoms. The molecule has 30 heavy (non-hydrogen) atoms. The fourth-order valence-electron chi connectivity index (χ4n) is 3.31. The smallest absolute Gasteiger partial charge is 0.348 e. The van der Waals surface area contributed by atoms with Crippen molar-refractivity contribution < 1.29 is 14.2 Å². The van der Waals surface area contributed by atoms with Crippen LogP contribution in [0.15, 0.2) is 47.4 Å². The Kier molecular flexibility index (Phi) is 5.33. The normalized spacial score (nSPS) is 10.9. The first-order valence-electron chi connectivity index (χ1n) is 9.04. The first-order valence-corrected chi connectivity index (χ1v) is 9.42. The SMILES string of the molecule is COc1cc(-c2cnc3[nH]c(=O)nc-3n2Cc2ccc(Cl)cc2)cc(OC)c1OC. The number of benzene rings is 2. The van der Waals surface area contributed by atoms with Gasteiger partial charge in [-0.25, -0.2) is 9.78 Å². The van der Waals surface area contributed by atoms with Crippen LogP contribution in [0.2, 0.25) is 5.02 Å². The highest BCUT2D eigenvalue weighted by atomic mass is 35.5. The summed E-state index contributed by atoms with van der Waals surface area (Å²) in [5.41, 5.74) is 2.02. The number of halogens is 1. The lowest BCUT2D eigenvalue weighted by Gasteiger charge is -2.19. The summed E-state index contributed by atoms with van der Waals surface area (Å²) in [4.78, 5) is 23.0. The van der Waals surface area contributed by atoms with Gasteiger partial charge in [0.05, 0.1) is 33.2 Å². The second-order valence-corrected chi connectivity index (χ2v) is 6.92. The van der Waals surface area contributed by atoms with Gasteiger partial charge in [0.2, 0.25) is 5.75 Å². The lowest BCUT2D eigenvalue weighted by atomic mass is 10.1. The summed E-state index contributed by atoms with van der Waals surface area (Å²) in [7, 11) is 4.66. The maximum atomic E-state index is 11.9. The fraction of sp³-hybridized carbons (Fsp3) is 0.190. The van der Waals surface area contributed by atoms with Crippen LogP contribution in [0, 0.1) is 0 Å². The summed E-state index contributed by atoms with van der Waals surface area (Å²) < 4.78 is 18.3. The van der Waals surface area contributed by atoms with E-state index in [4.69, 9.17) is 25.8 Å². The molecule has 0 aliphatic carbocycles. The fourth-order valence-corrected chi connectivity index (χ4v) is 3.44. The number of nitrogens with zero attached hydrogens (tertiary/aromatic N) is 3. The van der Waals surface area contributed by atoms with Crippen molar-refractivity contribution in [3.8, 4) is 40.2 Å². The molecule has 0 aromatic heterocycles. The number of hydrogen-bond donors (Lipinski definition) is 1. The van der Waals surface area contributed by atoms with E-state index in [1.807, 2.05) is 41.0 Å². The van der Waals surface area contributed by atoms with Crippen molar-refractivity contribution in [2.24, 2.45) is 0 Å². The average Bonchev–Trinajstić information content (AvgIpc) is 3.15. The lowest BCUT2D eigenvalue weighted by Crippen LogP contribution is -2.11. The van der Waals surface area contributed by atoms with E-state index in [0.29, 0.717) is 40.5 Å². The van der Waals surface area contributed by atoms with E-state index in [1.165, 1.54) is 0 Å². The van der Waals surface area contributed by atoms with Crippen molar-refractivity contribution in [2.45, 2.75) is 6.54 Å². The summed E-state index contributed by atoms with van der Waals surface area (Å²) in [5, 5.41) is 0.648. The molecule has 2 aromatic carbocycles. The third-order valence-electron chi connectivity index (χ3n) is 4.72. The maximum Gasteiger partial charge on any atom is 0.348 e. The van der Waals surface area contributed by atoms with Gasteiger partial charge in [-0.1, -0.05) is 23.7 Å². The summed E-state index contributed by atoms with van der Waals surface area (Å²) in [6, 6.07) is 11.1. The molecule has 0 atom stereocenters. The summed E-state index contributed by atoms with van der Waals surface area (Å²) in [6.07, 6.45) is 1.68. The summed E-state index contributed by atoms with van der Waals surface area (Å²) in [5.74, 6) is 2.36. The van der Waals surface area contributed by atoms with Crippen molar-refractivity contribution in [1.82, 2.24) is 19.5 Å². The van der Waals surface area contributed by atoms with Gasteiger partial charge in [-0.15, -0.1) is 0 Å². The molecule has 0 saturated heterocycles. The van der Waals surface area contributed by atoms with E-state index in [0.717, 1.165) is 16.8 Å². The van der Waals surface area contributed by atoms with Crippen LogP contribution in [-0.4, -0.2) is 40.8 Å². The van der Waals surface area contributed by atoms with Gasteiger partial charge in [0.25, 0.3) is 0 Å². The molecule has 154 valence electrons. The molecule has 0 fully saturated rings. The second kappa shape index (κ2) is 8.08. The molecule has 0 radical (unpaired) electrons. The molecular weight excluding hydrogens is 408 g/mol. The summed E-state index contributed by atoms with van der Waals surface area (Å²) in [6.45, 7) is 0.451. The zero-order chi connectivity index (χ0) is 21.3. The van der Waals surface area contributed by atoms with E-state index in [9.17, 15) is 4.79 Å². The lowest BCUT2D eigenvalue weighted by molar-refractivity contribution is 0.324. The van der Waals surface area contributed by atoms with Gasteiger partial charge in [-0.2, -0.15) is 4.98 Å². The first kappa shape index (κ1) is 19.8. The second-order valence-electron chi connectivity index (χ2n) is 6.48. The minimum absolute atomic E-state index is 0.408. The number of aromatic amines is 1. The molecule has 2 aliphatic heterocycles. The van der Waals surface area contributed by atoms with E-state index in [-0.39, 0.29) is 0 Å². The number of rotatable bonds is 6. The number of nitrogens with one attached hydrogen (secondary N) is 1. The Labute approximate surface area is 177 Å². The highest BCUT2D eigenvalue weighted by Crippen LogP contribution is 2.41. The van der Waals surface area contributed by atoms with E-state index < -0.39 is 5.69 Å². The van der Waals surface area contributed by atoms with Crippen molar-refractivity contribution in [1.29, 1.82) is 0 Å². The monoisotopic (exact) mass is 426 g/mol. The van der Waals surface area contributed by atoms with Crippen LogP contribution in [0.25, 0.3) is 22.9 Å². The number of fused-ring (bicyclic) bond motifs is 1. The molecular formula is C21H19ClN4O4. The number of imidazole rings is 1. The highest BCUT2D eigenvalue weighted by molar-refractivity contribution is 6.30. The molecule has 9 heteroatoms. The largest absolute Gasteiger partial charge is 0.493 e. The molecule has 0 unspecified atom stereocenters. The van der Waals surface area contributed by atoms with E-state index in [1.54, 1.807) is 27.5 Å². The predicted octanol–water partition coefficient (Wildman–Crippen LogP) is 3.47. The number of H-pyrrole nitrogens is 1. The van der Waals surface area contributed by atoms with Crippen LogP contribution in [0.3, 0.4) is 0 Å². The molecule has 2 heterocycles. The molecule has 2 aromatic rings. The molecule has 0 saturated carbocycles. The Morgan fingerprint density at radius 3 is 2.30 bits per heavy atom. The van der Waals surface area contributed by atoms with Gasteiger partial charge in [-0.3, -0.25) is 4.98 Å². The van der Waals surface area contributed by atoms with Crippen LogP contribution in [-0.2, 0) is 6.54 Å². The van der Waals surface area contributed by atoms with Gasteiger partial charge < -0.3 is 18.8 Å². The Morgan fingerprint density at radius 2 is 1.70 bits per heavy atom. The average molecular weight is 427 g/mol. The van der Waals surface area contributed by atoms with Gasteiger partial charge in [0.15, 0.2) is 23.1 Å². The Balaban J connectivity index is 1.94. The molecule has 4 rings (SSSR count). The van der Waals surface area contributed by atoms with Crippen molar-refractivity contribution in [3.05, 3.63) is 63.7 Å². The van der Waals surface area contributed by atoms with Crippen molar-refractivity contribution >= 4 is 11.6 Å². The van der Waals surface area contributed by atoms with Crippen LogP contribution < -0.4 is 19.9 Å². The third-order valence-corrected chi connectivity index (χ3v) is 4.97. The Hall–Kier alpha value is -3.52. The van der Waals surface area contributed by atoms with Gasteiger partial charge >= 0.3 is 5.69 Å². The van der Waals surface area contributed by atoms with Crippen LogP contribution >= 0.6 is 11.6 Å². The quantitative estimate of drug-likeness (QED) is 0.507. The minimum Gasteiger partial charge on any atom is -0.493 e. The van der Waals surface area contributed by atoms with E-state index >= 15 is 0 Å².